The van der Waals surface area contributed by atoms with Crippen LogP contribution in [0.15, 0.2) is 41.3 Å². The van der Waals surface area contributed by atoms with Crippen molar-refractivity contribution in [1.82, 2.24) is 9.88 Å². The van der Waals surface area contributed by atoms with Crippen molar-refractivity contribution < 1.29 is 26.7 Å². The van der Waals surface area contributed by atoms with Crippen LogP contribution < -0.4 is 4.74 Å². The number of carbonyl (C=O) groups is 1. The number of hydrogen-bond donors (Lipinski definition) is 0. The fraction of sp³-hybridized carbons (Fsp3) is 0.364. The van der Waals surface area contributed by atoms with Gasteiger partial charge in [-0.25, -0.2) is 17.2 Å². The second kappa shape index (κ2) is 9.11. The number of rotatable bonds is 6. The molecule has 32 heavy (non-hydrogen) atoms. The van der Waals surface area contributed by atoms with Crippen LogP contribution in [0.4, 0.5) is 8.78 Å². The number of fused-ring (bicyclic) bond motifs is 1. The van der Waals surface area contributed by atoms with Gasteiger partial charge in [0.1, 0.15) is 17.4 Å². The highest BCUT2D eigenvalue weighted by Crippen LogP contribution is 2.32. The number of benzene rings is 2. The van der Waals surface area contributed by atoms with E-state index in [1.165, 1.54) is 18.2 Å². The predicted octanol–water partition coefficient (Wildman–Crippen LogP) is 3.98. The number of amides is 1. The lowest BCUT2D eigenvalue weighted by molar-refractivity contribution is -0.132. The highest BCUT2D eigenvalue weighted by atomic mass is 32.2. The molecule has 0 N–H and O–H groups in total. The van der Waals surface area contributed by atoms with Crippen LogP contribution in [0.2, 0.25) is 0 Å². The van der Waals surface area contributed by atoms with E-state index in [1.54, 1.807) is 24.0 Å². The second-order valence-electron chi connectivity index (χ2n) is 7.64. The molecule has 1 aliphatic heterocycles. The van der Waals surface area contributed by atoms with Crippen LogP contribution in [-0.2, 0) is 21.1 Å². The van der Waals surface area contributed by atoms with E-state index in [1.807, 2.05) is 0 Å². The summed E-state index contributed by atoms with van der Waals surface area (Å²) in [5, 5.41) is 0.288. The third kappa shape index (κ3) is 4.91. The monoisotopic (exact) mass is 480 g/mol. The maximum absolute atomic E-state index is 13.8. The molecule has 1 aliphatic rings. The Kier molecular flexibility index (Phi) is 6.43. The van der Waals surface area contributed by atoms with E-state index in [0.717, 1.165) is 23.0 Å². The van der Waals surface area contributed by atoms with Crippen LogP contribution in [0.1, 0.15) is 25.3 Å². The molecule has 0 spiro atoms. The van der Waals surface area contributed by atoms with Crippen molar-refractivity contribution in [3.05, 3.63) is 53.6 Å². The summed E-state index contributed by atoms with van der Waals surface area (Å²) in [6.07, 6.45) is 1.24. The molecule has 0 saturated carbocycles. The lowest BCUT2D eigenvalue weighted by atomic mass is 10.1. The third-order valence-corrected chi connectivity index (χ3v) is 8.12. The van der Waals surface area contributed by atoms with Crippen LogP contribution in [0, 0.1) is 11.6 Å². The van der Waals surface area contributed by atoms with Crippen LogP contribution in [0.5, 0.6) is 5.19 Å². The van der Waals surface area contributed by atoms with Crippen LogP contribution >= 0.6 is 11.3 Å². The number of aromatic nitrogens is 1. The molecule has 0 aliphatic carbocycles. The zero-order valence-corrected chi connectivity index (χ0v) is 19.0. The van der Waals surface area contributed by atoms with Gasteiger partial charge < -0.3 is 9.64 Å². The number of carbonyl (C=O) groups excluding carboxylic acids is 1. The van der Waals surface area contributed by atoms with Gasteiger partial charge in [-0.05, 0) is 23.8 Å². The molecule has 3 aromatic rings. The lowest BCUT2D eigenvalue weighted by Crippen LogP contribution is -2.42. The molecule has 1 fully saturated rings. The number of hydrogen-bond acceptors (Lipinski definition) is 6. The second-order valence-corrected chi connectivity index (χ2v) is 10.9. The van der Waals surface area contributed by atoms with Gasteiger partial charge in [0, 0.05) is 32.0 Å². The minimum atomic E-state index is -3.26. The summed E-state index contributed by atoms with van der Waals surface area (Å²) in [5.74, 6) is -1.37. The number of sulfone groups is 1. The average molecular weight is 481 g/mol. The van der Waals surface area contributed by atoms with Gasteiger partial charge in [0.25, 0.3) is 5.19 Å². The molecule has 6 nitrogen and oxygen atoms in total. The Morgan fingerprint density at radius 3 is 2.53 bits per heavy atom. The maximum atomic E-state index is 13.8. The summed E-state index contributed by atoms with van der Waals surface area (Å²) in [7, 11) is -3.26. The molecule has 2 heterocycles. The van der Waals surface area contributed by atoms with Crippen molar-refractivity contribution in [2.75, 3.05) is 18.8 Å². The number of piperidine rings is 1. The highest BCUT2D eigenvalue weighted by molar-refractivity contribution is 7.91. The summed E-state index contributed by atoms with van der Waals surface area (Å²) in [4.78, 5) is 18.8. The van der Waals surface area contributed by atoms with Crippen LogP contribution in [-0.4, -0.2) is 49.2 Å². The molecule has 1 aromatic heterocycles. The Bertz CT molecular complexity index is 1230. The zero-order chi connectivity index (χ0) is 22.9. The average Bonchev–Trinajstić information content (AvgIpc) is 3.17. The molecule has 0 radical (unpaired) electrons. The topological polar surface area (TPSA) is 76.6 Å². The van der Waals surface area contributed by atoms with Gasteiger partial charge in [-0.15, -0.1) is 0 Å². The fourth-order valence-corrected chi connectivity index (χ4v) is 5.43. The Hall–Kier alpha value is -2.59. The van der Waals surface area contributed by atoms with Crippen molar-refractivity contribution in [3.63, 3.8) is 0 Å². The van der Waals surface area contributed by atoms with Gasteiger partial charge >= 0.3 is 0 Å². The van der Waals surface area contributed by atoms with Crippen LogP contribution in [0.25, 0.3) is 10.2 Å². The Labute approximate surface area is 188 Å². The van der Waals surface area contributed by atoms with Crippen molar-refractivity contribution in [2.45, 2.75) is 37.2 Å². The molecule has 1 amide bonds. The molecule has 1 saturated heterocycles. The summed E-state index contributed by atoms with van der Waals surface area (Å²) in [6, 6.07) is 8.44. The number of likely N-dealkylation sites (tertiary alicyclic amines) is 1. The highest BCUT2D eigenvalue weighted by Gasteiger charge is 2.25. The first kappa shape index (κ1) is 22.6. The van der Waals surface area contributed by atoms with Gasteiger partial charge in [-0.3, -0.25) is 4.79 Å². The van der Waals surface area contributed by atoms with E-state index in [4.69, 9.17) is 4.74 Å². The van der Waals surface area contributed by atoms with Crippen molar-refractivity contribution in [2.24, 2.45) is 0 Å². The Balaban J connectivity index is 1.31. The minimum Gasteiger partial charge on any atom is -0.467 e. The number of halogens is 2. The summed E-state index contributed by atoms with van der Waals surface area (Å²) < 4.78 is 57.2. The molecule has 0 atom stereocenters. The Morgan fingerprint density at radius 2 is 1.88 bits per heavy atom. The maximum Gasteiger partial charge on any atom is 0.274 e. The molecule has 0 bridgehead atoms. The zero-order valence-electron chi connectivity index (χ0n) is 17.4. The normalized spacial score (nSPS) is 15.3. The fourth-order valence-electron chi connectivity index (χ4n) is 3.62. The number of nitrogens with zero attached hydrogens (tertiary/aromatic N) is 2. The van der Waals surface area contributed by atoms with Crippen molar-refractivity contribution in [3.8, 4) is 5.19 Å². The molecule has 0 unspecified atom stereocenters. The van der Waals surface area contributed by atoms with E-state index in [0.29, 0.717) is 30.6 Å². The standard InChI is InChI=1S/C22H22F2N2O4S2/c1-2-32(28,29)17-5-3-14(4-6-17)11-20(27)26-9-7-16(8-10-26)30-22-25-21-18(24)12-15(23)13-19(21)31-22/h3-6,12-13,16H,2,7-11H2,1H3. The number of thiazole rings is 1. The van der Waals surface area contributed by atoms with Crippen molar-refractivity contribution in [1.29, 1.82) is 0 Å². The van der Waals surface area contributed by atoms with E-state index in [-0.39, 0.29) is 39.8 Å². The van der Waals surface area contributed by atoms with E-state index >= 15 is 0 Å². The number of ether oxygens (including phenoxy) is 1. The van der Waals surface area contributed by atoms with Gasteiger partial charge in [0.2, 0.25) is 5.91 Å². The summed E-state index contributed by atoms with van der Waals surface area (Å²) >= 11 is 1.10. The minimum absolute atomic E-state index is 0.0329. The first-order chi connectivity index (χ1) is 15.2. The summed E-state index contributed by atoms with van der Waals surface area (Å²) in [6.45, 7) is 2.62. The molecular weight excluding hydrogens is 458 g/mol. The molecule has 170 valence electrons. The predicted molar refractivity (Wildman–Crippen MR) is 118 cm³/mol. The van der Waals surface area contributed by atoms with Crippen molar-refractivity contribution >= 4 is 37.3 Å². The molecule has 4 rings (SSSR count). The lowest BCUT2D eigenvalue weighted by Gasteiger charge is -2.31. The van der Waals surface area contributed by atoms with Crippen LogP contribution in [0.3, 0.4) is 0 Å². The molecule has 2 aromatic carbocycles. The van der Waals surface area contributed by atoms with E-state index in [9.17, 15) is 22.0 Å². The largest absolute Gasteiger partial charge is 0.467 e. The first-order valence-corrected chi connectivity index (χ1v) is 12.7. The Morgan fingerprint density at radius 1 is 1.19 bits per heavy atom. The van der Waals surface area contributed by atoms with Gasteiger partial charge in [-0.2, -0.15) is 4.98 Å². The quantitative estimate of drug-likeness (QED) is 0.534. The van der Waals surface area contributed by atoms with Gasteiger partial charge in [-0.1, -0.05) is 30.4 Å². The van der Waals surface area contributed by atoms with Gasteiger partial charge in [0.15, 0.2) is 15.7 Å². The molecule has 10 heteroatoms. The van der Waals surface area contributed by atoms with E-state index < -0.39 is 21.5 Å². The summed E-state index contributed by atoms with van der Waals surface area (Å²) in [5.41, 5.74) is 0.851. The first-order valence-electron chi connectivity index (χ1n) is 10.3. The third-order valence-electron chi connectivity index (χ3n) is 5.47. The SMILES string of the molecule is CCS(=O)(=O)c1ccc(CC(=O)N2CCC(Oc3nc4c(F)cc(F)cc4s3)CC2)cc1. The van der Waals surface area contributed by atoms with Gasteiger partial charge in [0.05, 0.1) is 21.8 Å². The van der Waals surface area contributed by atoms with E-state index in [2.05, 4.69) is 4.98 Å². The smallest absolute Gasteiger partial charge is 0.274 e. The molecular formula is C22H22F2N2O4S2.